The number of hydrazine groups is 1. The summed E-state index contributed by atoms with van der Waals surface area (Å²) < 4.78 is 0. The number of nitrogens with one attached hydrogen (secondary N) is 1. The second-order valence-corrected chi connectivity index (χ2v) is 3.62. The fourth-order valence-electron chi connectivity index (χ4n) is 1.58. The van der Waals surface area contributed by atoms with Gasteiger partial charge in [-0.05, 0) is 12.8 Å². The number of nitrogens with zero attached hydrogens (tertiary/aromatic N) is 1. The van der Waals surface area contributed by atoms with Crippen molar-refractivity contribution in [3.8, 4) is 0 Å². The molecule has 0 saturated carbocycles. The van der Waals surface area contributed by atoms with Crippen molar-refractivity contribution in [1.82, 2.24) is 10.4 Å². The minimum atomic E-state index is 0.260. The largest absolute Gasteiger partial charge is 0.278 e. The van der Waals surface area contributed by atoms with Gasteiger partial charge in [0.1, 0.15) is 0 Å². The van der Waals surface area contributed by atoms with Gasteiger partial charge < -0.3 is 0 Å². The number of amides is 1. The highest BCUT2D eigenvalue weighted by atomic mass is 16.2. The van der Waals surface area contributed by atoms with E-state index in [0.29, 0.717) is 0 Å². The predicted octanol–water partition coefficient (Wildman–Crippen LogP) is 1.69. The molecule has 0 unspecified atom stereocenters. The van der Waals surface area contributed by atoms with E-state index in [0.717, 1.165) is 25.9 Å². The van der Waals surface area contributed by atoms with Gasteiger partial charge in [-0.2, -0.15) is 0 Å². The number of carbonyl (C=O) groups excluding carboxylic acids is 1. The van der Waals surface area contributed by atoms with Crippen molar-refractivity contribution in [2.24, 2.45) is 0 Å². The Morgan fingerprint density at radius 1 is 1.38 bits per heavy atom. The van der Waals surface area contributed by atoms with Crippen LogP contribution in [0.3, 0.4) is 0 Å². The SMILES string of the molecule is CCCCCCNN1CCCC1=O. The lowest BCUT2D eigenvalue weighted by molar-refractivity contribution is -0.130. The van der Waals surface area contributed by atoms with Crippen molar-refractivity contribution in [1.29, 1.82) is 0 Å². The Balaban J connectivity index is 1.96. The lowest BCUT2D eigenvalue weighted by Crippen LogP contribution is -2.39. The third kappa shape index (κ3) is 3.77. The third-order valence-electron chi connectivity index (χ3n) is 2.41. The van der Waals surface area contributed by atoms with Gasteiger partial charge in [0.05, 0.1) is 0 Å². The van der Waals surface area contributed by atoms with Gasteiger partial charge in [-0.15, -0.1) is 0 Å². The first-order valence-corrected chi connectivity index (χ1v) is 5.38. The first kappa shape index (κ1) is 10.5. The van der Waals surface area contributed by atoms with Crippen LogP contribution >= 0.6 is 0 Å². The first-order valence-electron chi connectivity index (χ1n) is 5.38. The molecule has 3 heteroatoms. The molecule has 1 amide bonds. The van der Waals surface area contributed by atoms with E-state index in [1.807, 2.05) is 0 Å². The highest BCUT2D eigenvalue weighted by molar-refractivity contribution is 5.77. The van der Waals surface area contributed by atoms with Crippen LogP contribution in [0.4, 0.5) is 0 Å². The highest BCUT2D eigenvalue weighted by Gasteiger charge is 2.18. The fraction of sp³-hybridized carbons (Fsp3) is 0.900. The lowest BCUT2D eigenvalue weighted by Gasteiger charge is -2.16. The van der Waals surface area contributed by atoms with Gasteiger partial charge in [0.2, 0.25) is 5.91 Å². The van der Waals surface area contributed by atoms with E-state index in [1.165, 1.54) is 25.7 Å². The molecule has 1 fully saturated rings. The Bertz CT molecular complexity index is 159. The van der Waals surface area contributed by atoms with Gasteiger partial charge in [0, 0.05) is 19.5 Å². The second-order valence-electron chi connectivity index (χ2n) is 3.62. The summed E-state index contributed by atoms with van der Waals surface area (Å²) in [7, 11) is 0. The average molecular weight is 184 g/mol. The van der Waals surface area contributed by atoms with Crippen LogP contribution in [0.5, 0.6) is 0 Å². The Hall–Kier alpha value is -0.570. The summed E-state index contributed by atoms with van der Waals surface area (Å²) in [6.07, 6.45) is 6.75. The van der Waals surface area contributed by atoms with Crippen molar-refractivity contribution in [3.63, 3.8) is 0 Å². The smallest absolute Gasteiger partial charge is 0.236 e. The van der Waals surface area contributed by atoms with E-state index in [2.05, 4.69) is 12.3 Å². The zero-order valence-electron chi connectivity index (χ0n) is 8.51. The molecule has 0 aromatic heterocycles. The maximum absolute atomic E-state index is 11.2. The summed E-state index contributed by atoms with van der Waals surface area (Å²) in [5, 5.41) is 1.77. The number of unbranched alkanes of at least 4 members (excludes halogenated alkanes) is 3. The van der Waals surface area contributed by atoms with Crippen LogP contribution in [0.2, 0.25) is 0 Å². The van der Waals surface area contributed by atoms with Gasteiger partial charge in [0.15, 0.2) is 0 Å². The molecular weight excluding hydrogens is 164 g/mol. The topological polar surface area (TPSA) is 32.3 Å². The van der Waals surface area contributed by atoms with Crippen LogP contribution in [0, 0.1) is 0 Å². The standard InChI is InChI=1S/C10H20N2O/c1-2-3-4-5-8-11-12-9-6-7-10(12)13/h11H,2-9H2,1H3. The number of carbonyl (C=O) groups is 1. The van der Waals surface area contributed by atoms with Gasteiger partial charge in [-0.3, -0.25) is 9.80 Å². The molecule has 0 bridgehead atoms. The zero-order valence-corrected chi connectivity index (χ0v) is 8.51. The maximum Gasteiger partial charge on any atom is 0.236 e. The van der Waals surface area contributed by atoms with E-state index in [-0.39, 0.29) is 5.91 Å². The molecule has 1 N–H and O–H groups in total. The molecule has 3 nitrogen and oxygen atoms in total. The van der Waals surface area contributed by atoms with E-state index >= 15 is 0 Å². The molecule has 1 aliphatic heterocycles. The molecular formula is C10H20N2O. The monoisotopic (exact) mass is 184 g/mol. The van der Waals surface area contributed by atoms with E-state index < -0.39 is 0 Å². The molecule has 13 heavy (non-hydrogen) atoms. The van der Waals surface area contributed by atoms with E-state index in [4.69, 9.17) is 0 Å². The van der Waals surface area contributed by atoms with Gasteiger partial charge >= 0.3 is 0 Å². The van der Waals surface area contributed by atoms with Crippen LogP contribution in [0.25, 0.3) is 0 Å². The summed E-state index contributed by atoms with van der Waals surface area (Å²) >= 11 is 0. The summed E-state index contributed by atoms with van der Waals surface area (Å²) in [4.78, 5) is 11.2. The van der Waals surface area contributed by atoms with Crippen LogP contribution < -0.4 is 5.43 Å². The average Bonchev–Trinajstić information content (AvgIpc) is 2.52. The molecule has 1 rings (SSSR count). The molecule has 0 aromatic rings. The zero-order chi connectivity index (χ0) is 9.52. The maximum atomic E-state index is 11.2. The Morgan fingerprint density at radius 2 is 2.23 bits per heavy atom. The van der Waals surface area contributed by atoms with E-state index in [1.54, 1.807) is 5.01 Å². The summed E-state index contributed by atoms with van der Waals surface area (Å²) in [6.45, 7) is 4.05. The van der Waals surface area contributed by atoms with Crippen LogP contribution in [-0.4, -0.2) is 24.0 Å². The molecule has 0 spiro atoms. The summed E-state index contributed by atoms with van der Waals surface area (Å²) in [6, 6.07) is 0. The lowest BCUT2D eigenvalue weighted by atomic mass is 10.2. The van der Waals surface area contributed by atoms with Gasteiger partial charge in [-0.1, -0.05) is 26.2 Å². The van der Waals surface area contributed by atoms with E-state index in [9.17, 15) is 4.79 Å². The van der Waals surface area contributed by atoms with Gasteiger partial charge in [-0.25, -0.2) is 5.43 Å². The quantitative estimate of drug-likeness (QED) is 0.637. The van der Waals surface area contributed by atoms with Crippen molar-refractivity contribution < 1.29 is 4.79 Å². The highest BCUT2D eigenvalue weighted by Crippen LogP contribution is 2.06. The molecule has 0 aromatic carbocycles. The van der Waals surface area contributed by atoms with Gasteiger partial charge in [0.25, 0.3) is 0 Å². The number of rotatable bonds is 6. The molecule has 1 aliphatic rings. The Kier molecular flexibility index (Phi) is 4.83. The fourth-order valence-corrected chi connectivity index (χ4v) is 1.58. The Labute approximate surface area is 80.5 Å². The number of hydrogen-bond donors (Lipinski definition) is 1. The number of hydrogen-bond acceptors (Lipinski definition) is 2. The summed E-state index contributed by atoms with van der Waals surface area (Å²) in [5.41, 5.74) is 3.17. The molecule has 1 heterocycles. The molecule has 76 valence electrons. The second kappa shape index (κ2) is 5.97. The van der Waals surface area contributed by atoms with Crippen molar-refractivity contribution in [2.75, 3.05) is 13.1 Å². The molecule has 1 saturated heterocycles. The molecule has 0 radical (unpaired) electrons. The predicted molar refractivity (Wildman–Crippen MR) is 53.1 cm³/mol. The van der Waals surface area contributed by atoms with Crippen LogP contribution in [0.15, 0.2) is 0 Å². The minimum absolute atomic E-state index is 0.260. The van der Waals surface area contributed by atoms with Crippen molar-refractivity contribution >= 4 is 5.91 Å². The minimum Gasteiger partial charge on any atom is -0.278 e. The normalized spacial score (nSPS) is 17.0. The summed E-state index contributed by atoms with van der Waals surface area (Å²) in [5.74, 6) is 0.260. The first-order chi connectivity index (χ1) is 6.34. The van der Waals surface area contributed by atoms with Crippen LogP contribution in [0.1, 0.15) is 45.4 Å². The van der Waals surface area contributed by atoms with Crippen molar-refractivity contribution in [3.05, 3.63) is 0 Å². The molecule has 0 atom stereocenters. The van der Waals surface area contributed by atoms with Crippen molar-refractivity contribution in [2.45, 2.75) is 45.4 Å². The van der Waals surface area contributed by atoms with Crippen LogP contribution in [-0.2, 0) is 4.79 Å². The molecule has 0 aliphatic carbocycles. The Morgan fingerprint density at radius 3 is 2.85 bits per heavy atom. The third-order valence-corrected chi connectivity index (χ3v) is 2.41.